The number of β-amino-alcohol motifs (C(OH)–C–C–N with tert-alkyl or cyclic N) is 1. The van der Waals surface area contributed by atoms with Crippen LogP contribution in [-0.4, -0.2) is 106 Å². The third-order valence-corrected chi connectivity index (χ3v) is 12.8. The standard InChI is InChI=1S/C42H46N2O10S2/c1-25(6-5-9-26-7-3-2-4-8-26)32-20-44-23-42(50)39(52-24-56-55-22-34(32)28-16-17-43-19-28)37(47)38(40(48)49)54-41(42)53-30-14-15-31-35(18-30)51-21-33(36(31)46)27-10-12-29(45)13-11-27/h2-5,7-16,18-19,25,32,34,37-39,41,44-47,50H,6,17,20-24H2,1H3,(H,48,49). The first-order valence-electron chi connectivity index (χ1n) is 18.5. The molecule has 8 unspecified atom stereocenters. The summed E-state index contributed by atoms with van der Waals surface area (Å²) >= 11 is 0. The lowest BCUT2D eigenvalue weighted by Gasteiger charge is -2.49. The summed E-state index contributed by atoms with van der Waals surface area (Å²) < 4.78 is 24.3. The highest BCUT2D eigenvalue weighted by Gasteiger charge is 2.59. The second-order valence-electron chi connectivity index (χ2n) is 14.4. The van der Waals surface area contributed by atoms with E-state index in [2.05, 4.69) is 47.6 Å². The van der Waals surface area contributed by atoms with Gasteiger partial charge in [0.2, 0.25) is 6.29 Å². The Morgan fingerprint density at radius 1 is 1.11 bits per heavy atom. The SMILES string of the molecule is CC(CC=Cc1ccccc1)C1CNCC2(O)C(Oc3ccc4c(c3)OCC(c3ccc(O)cc3)=C4O)OC(C(=O)O)C(O)C2OCSSCC1C1=CCN=C1. The average Bonchev–Trinajstić information content (AvgIpc) is 3.73. The van der Waals surface area contributed by atoms with E-state index in [0.29, 0.717) is 35.5 Å². The molecule has 8 atom stereocenters. The number of aliphatic hydroxyl groups is 3. The molecule has 0 saturated carbocycles. The van der Waals surface area contributed by atoms with Crippen LogP contribution in [0.3, 0.4) is 0 Å². The molecule has 0 aromatic heterocycles. The van der Waals surface area contributed by atoms with Crippen molar-refractivity contribution in [1.29, 1.82) is 0 Å². The highest BCUT2D eigenvalue weighted by atomic mass is 33.1. The summed E-state index contributed by atoms with van der Waals surface area (Å²) in [5.41, 5.74) is 1.84. The largest absolute Gasteiger partial charge is 0.508 e. The predicted octanol–water partition coefficient (Wildman–Crippen LogP) is 5.80. The van der Waals surface area contributed by atoms with E-state index in [1.807, 2.05) is 24.4 Å². The van der Waals surface area contributed by atoms with Crippen LogP contribution in [0.1, 0.15) is 30.0 Å². The number of benzene rings is 3. The molecule has 7 rings (SSSR count). The molecule has 296 valence electrons. The van der Waals surface area contributed by atoms with Gasteiger partial charge in [-0.2, -0.15) is 0 Å². The number of carboxylic acid groups (broad SMARTS) is 1. The molecule has 0 aliphatic carbocycles. The number of nitrogens with one attached hydrogen (secondary N) is 1. The number of phenols is 1. The van der Waals surface area contributed by atoms with Crippen LogP contribution in [-0.2, 0) is 14.3 Å². The van der Waals surface area contributed by atoms with Crippen LogP contribution >= 0.6 is 21.6 Å². The summed E-state index contributed by atoms with van der Waals surface area (Å²) in [5, 5.41) is 58.3. The molecule has 0 spiro atoms. The van der Waals surface area contributed by atoms with Crippen molar-refractivity contribution in [2.24, 2.45) is 22.7 Å². The summed E-state index contributed by atoms with van der Waals surface area (Å²) in [6.07, 6.45) is 2.76. The molecule has 4 aliphatic rings. The molecule has 2 fully saturated rings. The Morgan fingerprint density at radius 2 is 1.91 bits per heavy atom. The zero-order chi connectivity index (χ0) is 39.2. The van der Waals surface area contributed by atoms with Gasteiger partial charge in [-0.05, 0) is 71.7 Å². The number of hydrogen-bond donors (Lipinski definition) is 6. The van der Waals surface area contributed by atoms with Gasteiger partial charge >= 0.3 is 5.97 Å². The van der Waals surface area contributed by atoms with Gasteiger partial charge < -0.3 is 49.8 Å². The Labute approximate surface area is 333 Å². The first-order valence-corrected chi connectivity index (χ1v) is 21.0. The molecule has 0 amide bonds. The molecular formula is C42H46N2O10S2. The Morgan fingerprint density at radius 3 is 2.66 bits per heavy atom. The minimum Gasteiger partial charge on any atom is -0.508 e. The minimum absolute atomic E-state index is 0.00488. The van der Waals surface area contributed by atoms with Crippen LogP contribution in [0.15, 0.2) is 95.5 Å². The number of carboxylic acids is 1. The monoisotopic (exact) mass is 802 g/mol. The third-order valence-electron chi connectivity index (χ3n) is 10.7. The van der Waals surface area contributed by atoms with Gasteiger partial charge in [0.05, 0.1) is 12.1 Å². The van der Waals surface area contributed by atoms with Crippen molar-refractivity contribution in [3.8, 4) is 17.2 Å². The summed E-state index contributed by atoms with van der Waals surface area (Å²) in [4.78, 5) is 16.9. The number of allylic oxidation sites excluding steroid dienone is 2. The van der Waals surface area contributed by atoms with E-state index in [1.165, 1.54) is 34.6 Å². The average molecular weight is 803 g/mol. The van der Waals surface area contributed by atoms with E-state index >= 15 is 0 Å². The highest BCUT2D eigenvalue weighted by Crippen LogP contribution is 2.42. The fourth-order valence-electron chi connectivity index (χ4n) is 7.64. The van der Waals surface area contributed by atoms with Gasteiger partial charge in [-0.25, -0.2) is 4.79 Å². The van der Waals surface area contributed by atoms with Crippen LogP contribution in [0.5, 0.6) is 17.2 Å². The van der Waals surface area contributed by atoms with Crippen LogP contribution < -0.4 is 14.8 Å². The molecule has 14 heteroatoms. The van der Waals surface area contributed by atoms with Crippen molar-refractivity contribution in [3.63, 3.8) is 0 Å². The van der Waals surface area contributed by atoms with E-state index in [9.17, 15) is 30.3 Å². The second-order valence-corrected chi connectivity index (χ2v) is 16.8. The molecule has 3 aromatic rings. The molecule has 3 aromatic carbocycles. The number of hydrogen-bond acceptors (Lipinski definition) is 13. The minimum atomic E-state index is -2.06. The number of aliphatic carboxylic acids is 1. The van der Waals surface area contributed by atoms with Gasteiger partial charge in [0.15, 0.2) is 11.7 Å². The number of carbonyl (C=O) groups is 1. The van der Waals surface area contributed by atoms with Gasteiger partial charge in [0.1, 0.15) is 47.8 Å². The van der Waals surface area contributed by atoms with Crippen LogP contribution in [0, 0.1) is 17.8 Å². The smallest absolute Gasteiger partial charge is 0.335 e. The maximum Gasteiger partial charge on any atom is 0.335 e. The van der Waals surface area contributed by atoms with Crippen LogP contribution in [0.25, 0.3) is 17.4 Å². The van der Waals surface area contributed by atoms with Crippen LogP contribution in [0.2, 0.25) is 0 Å². The van der Waals surface area contributed by atoms with Gasteiger partial charge in [0, 0.05) is 30.2 Å². The lowest BCUT2D eigenvalue weighted by Crippen LogP contribution is -2.72. The first kappa shape index (κ1) is 39.9. The molecule has 56 heavy (non-hydrogen) atoms. The van der Waals surface area contributed by atoms with E-state index in [1.54, 1.807) is 35.1 Å². The predicted molar refractivity (Wildman–Crippen MR) is 218 cm³/mol. The molecule has 4 heterocycles. The second kappa shape index (κ2) is 17.9. The molecule has 0 bridgehead atoms. The molecule has 12 nitrogen and oxygen atoms in total. The van der Waals surface area contributed by atoms with Gasteiger partial charge in [0.25, 0.3) is 0 Å². The number of ether oxygens (including phenoxy) is 4. The summed E-state index contributed by atoms with van der Waals surface area (Å²) in [6, 6.07) is 21.2. The quantitative estimate of drug-likeness (QED) is 0.143. The number of phenolic OH excluding ortho intramolecular Hbond substituents is 1. The molecular weight excluding hydrogens is 757 g/mol. The van der Waals surface area contributed by atoms with Crippen molar-refractivity contribution >= 4 is 51.2 Å². The fourth-order valence-corrected chi connectivity index (χ4v) is 9.69. The normalized spacial score (nSPS) is 28.9. The van der Waals surface area contributed by atoms with Gasteiger partial charge in [-0.3, -0.25) is 4.99 Å². The Balaban J connectivity index is 1.15. The number of rotatable bonds is 9. The van der Waals surface area contributed by atoms with Crippen molar-refractivity contribution in [2.45, 2.75) is 43.5 Å². The van der Waals surface area contributed by atoms with Crippen LogP contribution in [0.4, 0.5) is 0 Å². The first-order chi connectivity index (χ1) is 27.1. The Hall–Kier alpha value is -4.28. The van der Waals surface area contributed by atoms with Crippen molar-refractivity contribution in [1.82, 2.24) is 5.32 Å². The Kier molecular flexibility index (Phi) is 12.8. The number of aliphatic imine (C=N–C) groups is 1. The van der Waals surface area contributed by atoms with E-state index in [0.717, 1.165) is 17.7 Å². The molecule has 0 radical (unpaired) electrons. The van der Waals surface area contributed by atoms with E-state index in [4.69, 9.17) is 18.9 Å². The lowest BCUT2D eigenvalue weighted by molar-refractivity contribution is -0.316. The zero-order valence-electron chi connectivity index (χ0n) is 30.8. The maximum atomic E-state index is 12.5. The van der Waals surface area contributed by atoms with Crippen molar-refractivity contribution in [2.75, 3.05) is 37.9 Å². The van der Waals surface area contributed by atoms with E-state index in [-0.39, 0.29) is 54.1 Å². The maximum absolute atomic E-state index is 12.5. The topological polar surface area (TPSA) is 180 Å². The molecule has 6 N–H and O–H groups in total. The molecule has 2 saturated heterocycles. The summed E-state index contributed by atoms with van der Waals surface area (Å²) in [7, 11) is 3.04. The number of fused-ring (bicyclic) bond motifs is 2. The van der Waals surface area contributed by atoms with Gasteiger partial charge in [-0.15, -0.1) is 0 Å². The van der Waals surface area contributed by atoms with Gasteiger partial charge in [-0.1, -0.05) is 89.2 Å². The molecule has 4 aliphatic heterocycles. The number of nitrogens with zero attached hydrogens (tertiary/aromatic N) is 1. The fraction of sp³-hybridized carbons (Fsp3) is 0.381. The van der Waals surface area contributed by atoms with E-state index < -0.39 is 36.2 Å². The number of aliphatic hydroxyl groups excluding tert-OH is 2. The summed E-state index contributed by atoms with van der Waals surface area (Å²) in [5.74, 6) is 0.410. The summed E-state index contributed by atoms with van der Waals surface area (Å²) in [6.45, 7) is 3.21. The van der Waals surface area contributed by atoms with Crippen molar-refractivity contribution in [3.05, 3.63) is 107 Å². The number of aromatic hydroxyl groups is 1. The highest BCUT2D eigenvalue weighted by molar-refractivity contribution is 8.76. The zero-order valence-corrected chi connectivity index (χ0v) is 32.4. The Bertz CT molecular complexity index is 1970. The third kappa shape index (κ3) is 8.81. The lowest BCUT2D eigenvalue weighted by atomic mass is 9.77. The van der Waals surface area contributed by atoms with Crippen molar-refractivity contribution < 1.29 is 49.3 Å².